The molecule has 0 saturated carbocycles. The van der Waals surface area contributed by atoms with E-state index in [2.05, 4.69) is 0 Å². The summed E-state index contributed by atoms with van der Waals surface area (Å²) in [7, 11) is -1.50. The lowest BCUT2D eigenvalue weighted by Crippen LogP contribution is -2.32. The van der Waals surface area contributed by atoms with Gasteiger partial charge in [0.25, 0.3) is 0 Å². The monoisotopic (exact) mass is 265 g/mol. The highest BCUT2D eigenvalue weighted by Crippen LogP contribution is 2.03. The third-order valence-electron chi connectivity index (χ3n) is 2.45. The number of nitrogens with two attached hydrogens (primary N) is 1. The summed E-state index contributed by atoms with van der Waals surface area (Å²) in [5.41, 5.74) is 5.66. The van der Waals surface area contributed by atoms with Crippen LogP contribution in [0.1, 0.15) is 32.6 Å². The zero-order chi connectivity index (χ0) is 13.3. The van der Waals surface area contributed by atoms with Crippen molar-refractivity contribution in [1.82, 2.24) is 0 Å². The zero-order valence-corrected chi connectivity index (χ0v) is 11.5. The normalized spacial score (nSPS) is 13.6. The number of hydrogen-bond donors (Lipinski definition) is 1. The smallest absolute Gasteiger partial charge is 0.150 e. The molecule has 0 aliphatic rings. The van der Waals surface area contributed by atoms with E-state index in [0.29, 0.717) is 25.9 Å². The first-order chi connectivity index (χ1) is 7.93. The van der Waals surface area contributed by atoms with Crippen molar-refractivity contribution in [3.05, 3.63) is 0 Å². The Bertz CT molecular complexity index is 313. The van der Waals surface area contributed by atoms with Crippen LogP contribution in [0, 0.1) is 0 Å². The molecule has 1 unspecified atom stereocenters. The standard InChI is InChI=1S/C11H23NO4S/c1-3-8-17(14,15)9-6-11(13)10(12)5-4-7-16-2/h10H,3-9,12H2,1-2H3. The molecule has 0 radical (unpaired) electrons. The van der Waals surface area contributed by atoms with E-state index in [1.54, 1.807) is 14.0 Å². The molecule has 2 N–H and O–H groups in total. The molecule has 0 bridgehead atoms. The summed E-state index contributed by atoms with van der Waals surface area (Å²) in [6, 6.07) is -0.568. The molecule has 0 aromatic carbocycles. The van der Waals surface area contributed by atoms with Gasteiger partial charge >= 0.3 is 0 Å². The maximum atomic E-state index is 11.6. The van der Waals surface area contributed by atoms with Gasteiger partial charge in [-0.3, -0.25) is 4.79 Å². The number of Topliss-reactive ketones (excluding diaryl/α,β-unsaturated/α-hetero) is 1. The lowest BCUT2D eigenvalue weighted by atomic mass is 10.1. The number of rotatable bonds is 10. The molecule has 0 rings (SSSR count). The molecule has 6 heteroatoms. The highest BCUT2D eigenvalue weighted by Gasteiger charge is 2.17. The van der Waals surface area contributed by atoms with Gasteiger partial charge in [-0.05, 0) is 19.3 Å². The largest absolute Gasteiger partial charge is 0.385 e. The van der Waals surface area contributed by atoms with Crippen LogP contribution in [0.3, 0.4) is 0 Å². The predicted octanol–water partition coefficient (Wildman–Crippen LogP) is 0.524. The van der Waals surface area contributed by atoms with Crippen LogP contribution in [-0.2, 0) is 19.4 Å². The van der Waals surface area contributed by atoms with Crippen LogP contribution in [-0.4, -0.2) is 45.5 Å². The number of ketones is 1. The lowest BCUT2D eigenvalue weighted by molar-refractivity contribution is -0.120. The molecule has 0 aromatic rings. The molecule has 0 amide bonds. The van der Waals surface area contributed by atoms with E-state index in [1.807, 2.05) is 0 Å². The van der Waals surface area contributed by atoms with E-state index in [-0.39, 0.29) is 23.7 Å². The van der Waals surface area contributed by atoms with Crippen molar-refractivity contribution < 1.29 is 17.9 Å². The number of carbonyl (C=O) groups excluding carboxylic acids is 1. The van der Waals surface area contributed by atoms with E-state index in [9.17, 15) is 13.2 Å². The third-order valence-corrected chi connectivity index (χ3v) is 4.31. The predicted molar refractivity (Wildman–Crippen MR) is 67.7 cm³/mol. The minimum atomic E-state index is -3.09. The second-order valence-corrected chi connectivity index (χ2v) is 6.41. The van der Waals surface area contributed by atoms with Crippen LogP contribution in [0.2, 0.25) is 0 Å². The zero-order valence-electron chi connectivity index (χ0n) is 10.6. The Balaban J connectivity index is 3.93. The van der Waals surface area contributed by atoms with Crippen molar-refractivity contribution in [2.24, 2.45) is 5.73 Å². The van der Waals surface area contributed by atoms with Crippen LogP contribution < -0.4 is 5.73 Å². The van der Waals surface area contributed by atoms with E-state index in [4.69, 9.17) is 10.5 Å². The molecule has 0 aromatic heterocycles. The van der Waals surface area contributed by atoms with E-state index in [1.165, 1.54) is 0 Å². The van der Waals surface area contributed by atoms with Crippen molar-refractivity contribution in [2.45, 2.75) is 38.6 Å². The fourth-order valence-electron chi connectivity index (χ4n) is 1.46. The molecular weight excluding hydrogens is 242 g/mol. The Hall–Kier alpha value is -0.460. The quantitative estimate of drug-likeness (QED) is 0.582. The van der Waals surface area contributed by atoms with E-state index < -0.39 is 15.9 Å². The van der Waals surface area contributed by atoms with Crippen molar-refractivity contribution in [3.63, 3.8) is 0 Å². The van der Waals surface area contributed by atoms with Gasteiger partial charge in [-0.25, -0.2) is 8.42 Å². The maximum absolute atomic E-state index is 11.6. The fraction of sp³-hybridized carbons (Fsp3) is 0.909. The summed E-state index contributed by atoms with van der Waals surface area (Å²) in [6.45, 7) is 2.37. The average Bonchev–Trinajstić information content (AvgIpc) is 2.26. The van der Waals surface area contributed by atoms with Crippen molar-refractivity contribution in [2.75, 3.05) is 25.2 Å². The topological polar surface area (TPSA) is 86.5 Å². The molecule has 1 atom stereocenters. The van der Waals surface area contributed by atoms with E-state index >= 15 is 0 Å². The summed E-state index contributed by atoms with van der Waals surface area (Å²) in [5, 5.41) is 0. The fourth-order valence-corrected chi connectivity index (χ4v) is 2.80. The summed E-state index contributed by atoms with van der Waals surface area (Å²) in [4.78, 5) is 11.6. The van der Waals surface area contributed by atoms with Gasteiger partial charge in [-0.1, -0.05) is 6.92 Å². The first kappa shape index (κ1) is 16.5. The Morgan fingerprint density at radius 3 is 2.53 bits per heavy atom. The molecule has 0 saturated heterocycles. The Morgan fingerprint density at radius 1 is 1.35 bits per heavy atom. The van der Waals surface area contributed by atoms with Gasteiger partial charge in [0.05, 0.1) is 11.8 Å². The average molecular weight is 265 g/mol. The molecule has 102 valence electrons. The Morgan fingerprint density at radius 2 is 2.00 bits per heavy atom. The molecule has 5 nitrogen and oxygen atoms in total. The van der Waals surface area contributed by atoms with Gasteiger partial charge in [0.15, 0.2) is 15.6 Å². The second-order valence-electron chi connectivity index (χ2n) is 4.11. The Kier molecular flexibility index (Phi) is 8.37. The number of carbonyl (C=O) groups is 1. The van der Waals surface area contributed by atoms with Gasteiger partial charge in [-0.2, -0.15) is 0 Å². The number of sulfone groups is 1. The highest BCUT2D eigenvalue weighted by atomic mass is 32.2. The van der Waals surface area contributed by atoms with Crippen LogP contribution >= 0.6 is 0 Å². The first-order valence-electron chi connectivity index (χ1n) is 5.90. The van der Waals surface area contributed by atoms with Gasteiger partial charge in [0.1, 0.15) is 0 Å². The number of methoxy groups -OCH3 is 1. The summed E-state index contributed by atoms with van der Waals surface area (Å²) >= 11 is 0. The van der Waals surface area contributed by atoms with Crippen LogP contribution in [0.4, 0.5) is 0 Å². The van der Waals surface area contributed by atoms with Crippen LogP contribution in [0.15, 0.2) is 0 Å². The molecule has 0 aliphatic heterocycles. The molecule has 17 heavy (non-hydrogen) atoms. The van der Waals surface area contributed by atoms with E-state index in [0.717, 1.165) is 0 Å². The Labute approximate surface area is 104 Å². The number of hydrogen-bond acceptors (Lipinski definition) is 5. The minimum Gasteiger partial charge on any atom is -0.385 e. The minimum absolute atomic E-state index is 0.0243. The lowest BCUT2D eigenvalue weighted by Gasteiger charge is -2.10. The molecule has 0 spiro atoms. The van der Waals surface area contributed by atoms with Crippen molar-refractivity contribution >= 4 is 15.6 Å². The summed E-state index contributed by atoms with van der Waals surface area (Å²) in [6.07, 6.45) is 1.86. The van der Waals surface area contributed by atoms with Crippen LogP contribution in [0.25, 0.3) is 0 Å². The van der Waals surface area contributed by atoms with Crippen LogP contribution in [0.5, 0.6) is 0 Å². The van der Waals surface area contributed by atoms with Crippen molar-refractivity contribution in [1.29, 1.82) is 0 Å². The van der Waals surface area contributed by atoms with Gasteiger partial charge in [0, 0.05) is 25.9 Å². The molecule has 0 aliphatic carbocycles. The molecule has 0 heterocycles. The third kappa shape index (κ3) is 8.29. The maximum Gasteiger partial charge on any atom is 0.150 e. The van der Waals surface area contributed by atoms with Gasteiger partial charge in [0.2, 0.25) is 0 Å². The second kappa shape index (κ2) is 8.60. The number of ether oxygens (including phenoxy) is 1. The SMILES string of the molecule is CCCS(=O)(=O)CCC(=O)C(N)CCCOC. The first-order valence-corrected chi connectivity index (χ1v) is 7.72. The van der Waals surface area contributed by atoms with Crippen molar-refractivity contribution in [3.8, 4) is 0 Å². The van der Waals surface area contributed by atoms with Gasteiger partial charge in [-0.15, -0.1) is 0 Å². The highest BCUT2D eigenvalue weighted by molar-refractivity contribution is 7.91. The summed E-state index contributed by atoms with van der Waals surface area (Å²) < 4.78 is 27.7. The summed E-state index contributed by atoms with van der Waals surface area (Å²) in [5.74, 6) is -0.127. The molecular formula is C11H23NO4S. The van der Waals surface area contributed by atoms with Gasteiger partial charge < -0.3 is 10.5 Å². The molecule has 0 fully saturated rings.